The third-order valence-corrected chi connectivity index (χ3v) is 2.58. The predicted octanol–water partition coefficient (Wildman–Crippen LogP) is 3.63. The molecule has 98 valence electrons. The van der Waals surface area contributed by atoms with Gasteiger partial charge in [-0.2, -0.15) is 0 Å². The Morgan fingerprint density at radius 3 is 1.81 bits per heavy atom. The molecule has 2 heteroatoms. The topological polar surface area (TPSA) is 29.5 Å². The first-order chi connectivity index (χ1) is 6.97. The largest absolute Gasteiger partial charge is 0.396 e. The summed E-state index contributed by atoms with van der Waals surface area (Å²) in [5.41, 5.74) is 0.295. The van der Waals surface area contributed by atoms with Gasteiger partial charge in [0, 0.05) is 6.61 Å². The molecule has 2 nitrogen and oxygen atoms in total. The predicted molar refractivity (Wildman–Crippen MR) is 69.6 cm³/mol. The summed E-state index contributed by atoms with van der Waals surface area (Å²) >= 11 is 0. The highest BCUT2D eigenvalue weighted by Gasteiger charge is 2.28. The maximum absolute atomic E-state index is 8.94. The maximum Gasteiger partial charge on any atom is 0.0648 e. The van der Waals surface area contributed by atoms with E-state index in [2.05, 4.69) is 34.6 Å². The van der Waals surface area contributed by atoms with Crippen LogP contribution in [0.15, 0.2) is 0 Å². The van der Waals surface area contributed by atoms with Gasteiger partial charge >= 0.3 is 0 Å². The Bertz CT molecular complexity index is 199. The van der Waals surface area contributed by atoms with Crippen molar-refractivity contribution in [3.8, 4) is 0 Å². The Kier molecular flexibility index (Phi) is 5.48. The average molecular weight is 230 g/mol. The summed E-state index contributed by atoms with van der Waals surface area (Å²) in [5, 5.41) is 8.94. The van der Waals surface area contributed by atoms with Gasteiger partial charge in [0.2, 0.25) is 0 Å². The summed E-state index contributed by atoms with van der Waals surface area (Å²) in [4.78, 5) is 0. The van der Waals surface area contributed by atoms with Crippen LogP contribution in [0.5, 0.6) is 0 Å². The van der Waals surface area contributed by atoms with E-state index in [1.807, 2.05) is 13.8 Å². The third-order valence-electron chi connectivity index (χ3n) is 2.58. The van der Waals surface area contributed by atoms with E-state index in [1.54, 1.807) is 0 Å². The van der Waals surface area contributed by atoms with Crippen LogP contribution in [0.1, 0.15) is 61.3 Å². The molecule has 0 aliphatic carbocycles. The molecule has 0 rings (SSSR count). The van der Waals surface area contributed by atoms with Crippen molar-refractivity contribution in [3.05, 3.63) is 0 Å². The minimum Gasteiger partial charge on any atom is -0.396 e. The Labute approximate surface area is 101 Å². The molecule has 16 heavy (non-hydrogen) atoms. The molecule has 0 aliphatic rings. The number of aliphatic hydroxyl groups excluding tert-OH is 1. The molecule has 1 N–H and O–H groups in total. The molecular formula is C14H30O2. The Balaban J connectivity index is 4.18. The normalized spacial score (nSPS) is 14.2. The number of ether oxygens (including phenoxy) is 1. The van der Waals surface area contributed by atoms with Crippen LogP contribution in [-0.2, 0) is 4.74 Å². The fraction of sp³-hybridized carbons (Fsp3) is 1.00. The van der Waals surface area contributed by atoms with Crippen LogP contribution in [0.2, 0.25) is 0 Å². The molecule has 0 atom stereocenters. The summed E-state index contributed by atoms with van der Waals surface area (Å²) in [6.07, 6.45) is 1.83. The van der Waals surface area contributed by atoms with Gasteiger partial charge in [0.25, 0.3) is 0 Å². The second-order valence-corrected chi connectivity index (χ2v) is 7.42. The molecule has 0 saturated heterocycles. The second-order valence-electron chi connectivity index (χ2n) is 7.42. The van der Waals surface area contributed by atoms with Crippen LogP contribution in [0, 0.1) is 10.8 Å². The minimum absolute atomic E-state index is 0.185. The van der Waals surface area contributed by atoms with Crippen molar-refractivity contribution in [1.29, 1.82) is 0 Å². The highest BCUT2D eigenvalue weighted by atomic mass is 16.5. The fourth-order valence-electron chi connectivity index (χ4n) is 2.22. The van der Waals surface area contributed by atoms with Crippen molar-refractivity contribution in [2.45, 2.75) is 66.9 Å². The van der Waals surface area contributed by atoms with E-state index in [-0.39, 0.29) is 17.6 Å². The quantitative estimate of drug-likeness (QED) is 0.755. The zero-order chi connectivity index (χ0) is 13.0. The lowest BCUT2D eigenvalue weighted by molar-refractivity contribution is -0.0729. The van der Waals surface area contributed by atoms with E-state index in [1.165, 1.54) is 0 Å². The van der Waals surface area contributed by atoms with Gasteiger partial charge in [-0.05, 0) is 37.5 Å². The van der Waals surface area contributed by atoms with Gasteiger partial charge in [-0.25, -0.2) is 0 Å². The summed E-state index contributed by atoms with van der Waals surface area (Å²) in [7, 11) is 0. The SMILES string of the molecule is CC(C)(C)CC(C)(C)COC(C)(C)CCO. The highest BCUT2D eigenvalue weighted by Crippen LogP contribution is 2.34. The summed E-state index contributed by atoms with van der Waals surface area (Å²) in [5.74, 6) is 0. The zero-order valence-corrected chi connectivity index (χ0v) is 12.2. The van der Waals surface area contributed by atoms with Gasteiger partial charge in [0.1, 0.15) is 0 Å². The molecule has 0 spiro atoms. The lowest BCUT2D eigenvalue weighted by atomic mass is 9.77. The molecule has 0 aromatic rings. The number of hydrogen-bond donors (Lipinski definition) is 1. The molecule has 0 saturated carbocycles. The van der Waals surface area contributed by atoms with E-state index in [0.29, 0.717) is 11.8 Å². The van der Waals surface area contributed by atoms with Crippen molar-refractivity contribution in [3.63, 3.8) is 0 Å². The molecule has 0 aromatic carbocycles. The lowest BCUT2D eigenvalue weighted by Gasteiger charge is -2.35. The second kappa shape index (κ2) is 5.50. The molecular weight excluding hydrogens is 200 g/mol. The van der Waals surface area contributed by atoms with Gasteiger partial charge in [0.05, 0.1) is 12.2 Å². The molecule has 0 fully saturated rings. The van der Waals surface area contributed by atoms with Gasteiger partial charge in [-0.3, -0.25) is 0 Å². The van der Waals surface area contributed by atoms with Gasteiger partial charge in [-0.15, -0.1) is 0 Å². The van der Waals surface area contributed by atoms with Crippen molar-refractivity contribution in [2.24, 2.45) is 10.8 Å². The summed E-state index contributed by atoms with van der Waals surface area (Å²) in [6, 6.07) is 0. The fourth-order valence-corrected chi connectivity index (χ4v) is 2.22. The molecule has 0 aromatic heterocycles. The zero-order valence-electron chi connectivity index (χ0n) is 12.2. The Morgan fingerprint density at radius 2 is 1.44 bits per heavy atom. The lowest BCUT2D eigenvalue weighted by Crippen LogP contribution is -2.33. The van der Waals surface area contributed by atoms with E-state index < -0.39 is 0 Å². The minimum atomic E-state index is -0.218. The molecule has 0 heterocycles. The molecule has 0 bridgehead atoms. The van der Waals surface area contributed by atoms with Crippen LogP contribution >= 0.6 is 0 Å². The van der Waals surface area contributed by atoms with Crippen LogP contribution in [0.3, 0.4) is 0 Å². The number of aliphatic hydroxyl groups is 1. The first kappa shape index (κ1) is 15.9. The van der Waals surface area contributed by atoms with Crippen molar-refractivity contribution >= 4 is 0 Å². The molecule has 0 amide bonds. The highest BCUT2D eigenvalue weighted by molar-refractivity contribution is 4.78. The van der Waals surface area contributed by atoms with E-state index in [4.69, 9.17) is 9.84 Å². The molecule has 0 aliphatic heterocycles. The monoisotopic (exact) mass is 230 g/mol. The third kappa shape index (κ3) is 8.12. The summed E-state index contributed by atoms with van der Waals surface area (Å²) in [6.45, 7) is 16.3. The first-order valence-corrected chi connectivity index (χ1v) is 6.22. The van der Waals surface area contributed by atoms with Crippen LogP contribution in [0.4, 0.5) is 0 Å². The Morgan fingerprint density at radius 1 is 0.938 bits per heavy atom. The van der Waals surface area contributed by atoms with E-state index in [0.717, 1.165) is 13.0 Å². The van der Waals surface area contributed by atoms with Crippen molar-refractivity contribution in [1.82, 2.24) is 0 Å². The van der Waals surface area contributed by atoms with Crippen molar-refractivity contribution in [2.75, 3.05) is 13.2 Å². The first-order valence-electron chi connectivity index (χ1n) is 6.22. The standard InChI is InChI=1S/C14H30O2/c1-12(2,3)10-13(4,5)11-16-14(6,7)8-9-15/h15H,8-11H2,1-7H3. The molecule has 0 unspecified atom stereocenters. The van der Waals surface area contributed by atoms with Crippen molar-refractivity contribution < 1.29 is 9.84 Å². The van der Waals surface area contributed by atoms with Crippen LogP contribution in [-0.4, -0.2) is 23.9 Å². The maximum atomic E-state index is 8.94. The van der Waals surface area contributed by atoms with Crippen LogP contribution < -0.4 is 0 Å². The number of rotatable bonds is 6. The van der Waals surface area contributed by atoms with Gasteiger partial charge in [0.15, 0.2) is 0 Å². The summed E-state index contributed by atoms with van der Waals surface area (Å²) < 4.78 is 5.92. The van der Waals surface area contributed by atoms with Gasteiger partial charge in [-0.1, -0.05) is 34.6 Å². The Hall–Kier alpha value is -0.0800. The average Bonchev–Trinajstić information content (AvgIpc) is 1.97. The number of hydrogen-bond acceptors (Lipinski definition) is 2. The molecule has 0 radical (unpaired) electrons. The van der Waals surface area contributed by atoms with Gasteiger partial charge < -0.3 is 9.84 Å². The smallest absolute Gasteiger partial charge is 0.0648 e. The van der Waals surface area contributed by atoms with E-state index in [9.17, 15) is 0 Å². The van der Waals surface area contributed by atoms with Crippen LogP contribution in [0.25, 0.3) is 0 Å². The van der Waals surface area contributed by atoms with E-state index >= 15 is 0 Å².